The number of methoxy groups -OCH3 is 1. The average Bonchev–Trinajstić information content (AvgIpc) is 2.67. The summed E-state index contributed by atoms with van der Waals surface area (Å²) in [6, 6.07) is 3.25. The Morgan fingerprint density at radius 1 is 1.32 bits per heavy atom. The van der Waals surface area contributed by atoms with E-state index in [1.165, 1.54) is 12.3 Å². The molecule has 0 fully saturated rings. The molecule has 0 aliphatic heterocycles. The fourth-order valence-corrected chi connectivity index (χ4v) is 2.85. The summed E-state index contributed by atoms with van der Waals surface area (Å²) in [5.41, 5.74) is 1.45. The molecule has 0 aromatic carbocycles. The Morgan fingerprint density at radius 3 is 2.82 bits per heavy atom. The minimum Gasteiger partial charge on any atom is -0.490 e. The van der Waals surface area contributed by atoms with Gasteiger partial charge in [-0.15, -0.1) is 0 Å². The minimum absolute atomic E-state index is 0.0254. The lowest BCUT2D eigenvalue weighted by atomic mass is 10.1. The van der Waals surface area contributed by atoms with Gasteiger partial charge in [0, 0.05) is 50.8 Å². The number of aromatic nitrogens is 2. The van der Waals surface area contributed by atoms with Crippen molar-refractivity contribution in [3.05, 3.63) is 56.7 Å². The van der Waals surface area contributed by atoms with Crippen LogP contribution in [-0.2, 0) is 22.4 Å². The maximum absolute atomic E-state index is 11.9. The third kappa shape index (κ3) is 6.07. The second-order valence-electron chi connectivity index (χ2n) is 6.15. The number of aryl methyl sites for hydroxylation is 3. The molecule has 0 saturated heterocycles. The van der Waals surface area contributed by atoms with Crippen LogP contribution < -0.4 is 10.2 Å². The highest BCUT2D eigenvalue weighted by atomic mass is 35.5. The van der Waals surface area contributed by atoms with E-state index < -0.39 is 5.97 Å². The number of hydrogen-bond donors (Lipinski definition) is 0. The molecule has 0 spiro atoms. The largest absolute Gasteiger partial charge is 0.490 e. The monoisotopic (exact) mass is 408 g/mol. The molecule has 0 saturated carbocycles. The summed E-state index contributed by atoms with van der Waals surface area (Å²) in [5, 5.41) is 0.326. The van der Waals surface area contributed by atoms with E-state index in [0.717, 1.165) is 17.7 Å². The number of hydrogen-bond acceptors (Lipinski definition) is 6. The molecule has 152 valence electrons. The van der Waals surface area contributed by atoms with E-state index in [4.69, 9.17) is 25.8 Å². The van der Waals surface area contributed by atoms with E-state index >= 15 is 0 Å². The summed E-state index contributed by atoms with van der Waals surface area (Å²) in [6.07, 6.45) is 4.55. The van der Waals surface area contributed by atoms with Gasteiger partial charge in [-0.1, -0.05) is 11.6 Å². The standard InChI is InChI=1S/C20H25ClN2O5/c1-4-27-20(25)16-13-23(9-7-17(16)24)8-6-15-12-18(19(21)22-14(15)2)28-11-5-10-26-3/h7,9,12-13H,4-6,8,10-11H2,1-3H3. The van der Waals surface area contributed by atoms with Gasteiger partial charge in [-0.05, 0) is 31.9 Å². The summed E-state index contributed by atoms with van der Waals surface area (Å²) >= 11 is 6.18. The number of nitrogens with zero attached hydrogens (tertiary/aromatic N) is 2. The normalized spacial score (nSPS) is 10.7. The van der Waals surface area contributed by atoms with Crippen LogP contribution >= 0.6 is 11.6 Å². The van der Waals surface area contributed by atoms with Gasteiger partial charge in [0.05, 0.1) is 13.2 Å². The van der Waals surface area contributed by atoms with Crippen molar-refractivity contribution in [3.63, 3.8) is 0 Å². The van der Waals surface area contributed by atoms with Crippen molar-refractivity contribution in [1.82, 2.24) is 9.55 Å². The van der Waals surface area contributed by atoms with E-state index in [1.54, 1.807) is 24.8 Å². The molecular formula is C20H25ClN2O5. The quantitative estimate of drug-likeness (QED) is 0.341. The van der Waals surface area contributed by atoms with Gasteiger partial charge in [-0.3, -0.25) is 4.79 Å². The van der Waals surface area contributed by atoms with E-state index in [2.05, 4.69) is 4.98 Å². The SMILES string of the molecule is CCOC(=O)c1cn(CCc2cc(OCCCOC)c(Cl)nc2C)ccc1=O. The van der Waals surface area contributed by atoms with Crippen LogP contribution in [0.1, 0.15) is 35.0 Å². The second kappa shape index (κ2) is 10.8. The summed E-state index contributed by atoms with van der Waals surface area (Å²) in [4.78, 5) is 28.1. The van der Waals surface area contributed by atoms with Crippen LogP contribution in [0.5, 0.6) is 5.75 Å². The molecule has 0 atom stereocenters. The average molecular weight is 409 g/mol. The van der Waals surface area contributed by atoms with Crippen molar-refractivity contribution in [2.75, 3.05) is 26.9 Å². The lowest BCUT2D eigenvalue weighted by Crippen LogP contribution is -2.19. The second-order valence-corrected chi connectivity index (χ2v) is 6.51. The van der Waals surface area contributed by atoms with Crippen molar-refractivity contribution < 1.29 is 19.0 Å². The van der Waals surface area contributed by atoms with Gasteiger partial charge in [0.15, 0.2) is 16.3 Å². The zero-order valence-electron chi connectivity index (χ0n) is 16.4. The molecule has 2 rings (SSSR count). The van der Waals surface area contributed by atoms with Crippen molar-refractivity contribution in [1.29, 1.82) is 0 Å². The molecule has 0 radical (unpaired) electrons. The number of halogens is 1. The number of rotatable bonds is 10. The number of pyridine rings is 2. The van der Waals surface area contributed by atoms with Crippen LogP contribution in [0, 0.1) is 6.92 Å². The smallest absolute Gasteiger partial charge is 0.343 e. The fraction of sp³-hybridized carbons (Fsp3) is 0.450. The van der Waals surface area contributed by atoms with Crippen molar-refractivity contribution >= 4 is 17.6 Å². The number of carbonyl (C=O) groups excluding carboxylic acids is 1. The maximum Gasteiger partial charge on any atom is 0.343 e. The van der Waals surface area contributed by atoms with E-state index in [-0.39, 0.29) is 17.6 Å². The Hall–Kier alpha value is -2.38. The Kier molecular flexibility index (Phi) is 8.47. The molecular weight excluding hydrogens is 384 g/mol. The molecule has 2 aromatic heterocycles. The minimum atomic E-state index is -0.613. The molecule has 0 aliphatic carbocycles. The predicted octanol–water partition coefficient (Wildman–Crippen LogP) is 3.04. The molecule has 0 aliphatic rings. The molecule has 2 aromatic rings. The summed E-state index contributed by atoms with van der Waals surface area (Å²) in [7, 11) is 1.64. The predicted molar refractivity (Wildman–Crippen MR) is 106 cm³/mol. The first-order chi connectivity index (χ1) is 13.5. The van der Waals surface area contributed by atoms with Crippen molar-refractivity contribution in [2.45, 2.75) is 33.2 Å². The number of carbonyl (C=O) groups is 1. The van der Waals surface area contributed by atoms with E-state index in [0.29, 0.717) is 37.1 Å². The van der Waals surface area contributed by atoms with Crippen LogP contribution in [-0.4, -0.2) is 42.5 Å². The Labute approximate surface area is 169 Å². The third-order valence-electron chi connectivity index (χ3n) is 4.10. The lowest BCUT2D eigenvalue weighted by Gasteiger charge is -2.13. The van der Waals surface area contributed by atoms with Crippen LogP contribution in [0.25, 0.3) is 0 Å². The highest BCUT2D eigenvalue weighted by Gasteiger charge is 2.13. The maximum atomic E-state index is 11.9. The zero-order chi connectivity index (χ0) is 20.5. The summed E-state index contributed by atoms with van der Waals surface area (Å²) < 4.78 is 17.4. The van der Waals surface area contributed by atoms with Gasteiger partial charge < -0.3 is 18.8 Å². The van der Waals surface area contributed by atoms with Crippen LogP contribution in [0.4, 0.5) is 0 Å². The molecule has 7 nitrogen and oxygen atoms in total. The molecule has 0 N–H and O–H groups in total. The van der Waals surface area contributed by atoms with Crippen LogP contribution in [0.3, 0.4) is 0 Å². The van der Waals surface area contributed by atoms with E-state index in [1.807, 2.05) is 13.0 Å². The Morgan fingerprint density at radius 2 is 2.11 bits per heavy atom. The Bertz CT molecular complexity index is 866. The van der Waals surface area contributed by atoms with E-state index in [9.17, 15) is 9.59 Å². The Balaban J connectivity index is 2.10. The first-order valence-corrected chi connectivity index (χ1v) is 9.49. The van der Waals surface area contributed by atoms with Crippen molar-refractivity contribution in [3.8, 4) is 5.75 Å². The molecule has 0 bridgehead atoms. The van der Waals surface area contributed by atoms with Gasteiger partial charge in [0.25, 0.3) is 0 Å². The zero-order valence-corrected chi connectivity index (χ0v) is 17.1. The van der Waals surface area contributed by atoms with Crippen LogP contribution in [0.15, 0.2) is 29.3 Å². The van der Waals surface area contributed by atoms with Gasteiger partial charge in [0.1, 0.15) is 5.56 Å². The highest BCUT2D eigenvalue weighted by molar-refractivity contribution is 6.30. The van der Waals surface area contributed by atoms with Gasteiger partial charge in [0.2, 0.25) is 0 Å². The fourth-order valence-electron chi connectivity index (χ4n) is 2.61. The molecule has 2 heterocycles. The lowest BCUT2D eigenvalue weighted by molar-refractivity contribution is 0.0524. The topological polar surface area (TPSA) is 79.7 Å². The first kappa shape index (κ1) is 21.9. The molecule has 0 amide bonds. The molecule has 8 heteroatoms. The molecule has 28 heavy (non-hydrogen) atoms. The summed E-state index contributed by atoms with van der Waals surface area (Å²) in [5.74, 6) is -0.0802. The highest BCUT2D eigenvalue weighted by Crippen LogP contribution is 2.25. The van der Waals surface area contributed by atoms with Crippen molar-refractivity contribution in [2.24, 2.45) is 0 Å². The summed E-state index contributed by atoms with van der Waals surface area (Å²) in [6.45, 7) is 5.45. The first-order valence-electron chi connectivity index (χ1n) is 9.11. The number of esters is 1. The third-order valence-corrected chi connectivity index (χ3v) is 4.37. The molecule has 0 unspecified atom stereocenters. The van der Waals surface area contributed by atoms with Gasteiger partial charge in [-0.2, -0.15) is 0 Å². The van der Waals surface area contributed by atoms with Gasteiger partial charge >= 0.3 is 5.97 Å². The van der Waals surface area contributed by atoms with Crippen LogP contribution in [0.2, 0.25) is 5.15 Å². The van der Waals surface area contributed by atoms with Gasteiger partial charge in [-0.25, -0.2) is 9.78 Å². The number of ether oxygens (including phenoxy) is 3.